The molecule has 2 rings (SSSR count). The average Bonchev–Trinajstić information content (AvgIpc) is 2.92. The van der Waals surface area contributed by atoms with Gasteiger partial charge in [0.2, 0.25) is 5.95 Å². The maximum Gasteiger partial charge on any atom is 0.325 e. The van der Waals surface area contributed by atoms with Crippen LogP contribution in [0.5, 0.6) is 0 Å². The van der Waals surface area contributed by atoms with Crippen molar-refractivity contribution in [2.24, 2.45) is 0 Å². The van der Waals surface area contributed by atoms with Gasteiger partial charge in [0, 0.05) is 4.75 Å². The highest BCUT2D eigenvalue weighted by molar-refractivity contribution is 8.48. The van der Waals surface area contributed by atoms with E-state index in [1.807, 2.05) is 25.9 Å². The van der Waals surface area contributed by atoms with Crippen molar-refractivity contribution < 1.29 is 9.90 Å². The number of carbonyl (C=O) groups is 1. The van der Waals surface area contributed by atoms with Gasteiger partial charge in [-0.25, -0.2) is 4.98 Å². The summed E-state index contributed by atoms with van der Waals surface area (Å²) in [6.07, 6.45) is 10.3. The maximum absolute atomic E-state index is 11.7. The number of H-pyrrole nitrogens is 2. The number of anilines is 1. The number of carboxylic acid groups (broad SMARTS) is 1. The number of aromatic amines is 2. The standard InChI is InChI=1S/C12H29NO2S.C5H5N5O/c1-11(2,16(6,7,8)9)12(3,10(14)15)13(4)5;6-5-9-3-2(4(11)10-5)7-1-8-3/h16H,1-9H3,(H,14,15);1H,(H4,6,7,8,9,10,11). The van der Waals surface area contributed by atoms with E-state index in [2.05, 4.69) is 58.8 Å². The number of nitrogens with one attached hydrogen (secondary N) is 2. The normalized spacial score (nSPS) is 16.1. The second kappa shape index (κ2) is 6.83. The number of nitrogens with zero attached hydrogens (tertiary/aromatic N) is 3. The Hall–Kier alpha value is -2.07. The van der Waals surface area contributed by atoms with E-state index in [1.54, 1.807) is 0 Å². The molecule has 0 radical (unpaired) electrons. The monoisotopic (exact) mass is 402 g/mol. The number of carboxylic acids is 1. The number of hydrogen-bond donors (Lipinski definition) is 5. The summed E-state index contributed by atoms with van der Waals surface area (Å²) >= 11 is 0. The zero-order valence-corrected chi connectivity index (χ0v) is 18.6. The van der Waals surface area contributed by atoms with Crippen LogP contribution in [0.4, 0.5) is 5.95 Å². The second-order valence-electron chi connectivity index (χ2n) is 9.46. The first-order valence-electron chi connectivity index (χ1n) is 8.52. The van der Waals surface area contributed by atoms with Crippen LogP contribution in [0, 0.1) is 0 Å². The summed E-state index contributed by atoms with van der Waals surface area (Å²) in [5.41, 5.74) is 4.80. The van der Waals surface area contributed by atoms with Crippen LogP contribution in [0.2, 0.25) is 0 Å². The van der Waals surface area contributed by atoms with Crippen molar-refractivity contribution in [2.45, 2.75) is 31.1 Å². The molecule has 2 aromatic heterocycles. The molecule has 0 aliphatic heterocycles. The number of hydrogen-bond acceptors (Lipinski definition) is 6. The zero-order valence-electron chi connectivity index (χ0n) is 17.7. The van der Waals surface area contributed by atoms with Gasteiger partial charge < -0.3 is 15.8 Å². The lowest BCUT2D eigenvalue weighted by molar-refractivity contribution is -0.150. The van der Waals surface area contributed by atoms with E-state index in [-0.39, 0.29) is 16.3 Å². The SMILES string of the molecule is CN(C)C(C)(C(=O)O)C(C)(C)[SH](C)(C)(C)C.Nc1nc2nc[nH]c2c(=O)[nH]1. The summed E-state index contributed by atoms with van der Waals surface area (Å²) < 4.78 is -0.270. The fraction of sp³-hybridized carbons (Fsp3) is 0.647. The number of imidazole rings is 1. The number of aliphatic carboxylic acids is 1. The van der Waals surface area contributed by atoms with Gasteiger partial charge in [0.15, 0.2) is 11.2 Å². The summed E-state index contributed by atoms with van der Waals surface area (Å²) in [7, 11) is 1.65. The highest BCUT2D eigenvalue weighted by Gasteiger charge is 2.57. The number of nitrogen functional groups attached to an aromatic ring is 1. The molecule has 9 nitrogen and oxygen atoms in total. The van der Waals surface area contributed by atoms with Gasteiger partial charge in [-0.2, -0.15) is 4.98 Å². The molecule has 10 heteroatoms. The molecule has 0 fully saturated rings. The summed E-state index contributed by atoms with van der Waals surface area (Å²) in [6, 6.07) is 0. The van der Waals surface area contributed by atoms with E-state index in [4.69, 9.17) is 5.73 Å². The second-order valence-corrected chi connectivity index (χ2v) is 17.7. The minimum absolute atomic E-state index is 0.0783. The van der Waals surface area contributed by atoms with Gasteiger partial charge in [-0.3, -0.25) is 28.6 Å². The van der Waals surface area contributed by atoms with Crippen LogP contribution in [0.1, 0.15) is 20.8 Å². The molecule has 0 saturated heterocycles. The molecule has 0 aromatic carbocycles. The van der Waals surface area contributed by atoms with Crippen molar-refractivity contribution in [3.05, 3.63) is 16.7 Å². The van der Waals surface area contributed by atoms with Crippen LogP contribution in [0.25, 0.3) is 11.2 Å². The molecular weight excluding hydrogens is 368 g/mol. The summed E-state index contributed by atoms with van der Waals surface area (Å²) in [5, 5.41) is 9.60. The minimum Gasteiger partial charge on any atom is -0.480 e. The van der Waals surface area contributed by atoms with E-state index in [0.717, 1.165) is 0 Å². The van der Waals surface area contributed by atoms with Crippen LogP contribution in [-0.2, 0) is 4.79 Å². The molecule has 0 spiro atoms. The molecule has 0 aliphatic carbocycles. The van der Waals surface area contributed by atoms with Gasteiger partial charge in [-0.05, 0) is 46.0 Å². The molecule has 0 aliphatic rings. The number of nitrogens with two attached hydrogens (primary N) is 1. The third-order valence-electron chi connectivity index (χ3n) is 6.05. The Bertz CT molecular complexity index is 884. The maximum atomic E-state index is 11.7. The Balaban J connectivity index is 0.000000285. The Labute approximate surface area is 160 Å². The predicted octanol–water partition coefficient (Wildman–Crippen LogP) is 0.990. The van der Waals surface area contributed by atoms with Gasteiger partial charge >= 0.3 is 5.97 Å². The van der Waals surface area contributed by atoms with Crippen molar-refractivity contribution in [2.75, 3.05) is 44.9 Å². The average molecular weight is 403 g/mol. The van der Waals surface area contributed by atoms with Crippen molar-refractivity contribution in [1.82, 2.24) is 24.8 Å². The lowest BCUT2D eigenvalue weighted by Crippen LogP contribution is -2.66. The smallest absolute Gasteiger partial charge is 0.325 e. The van der Waals surface area contributed by atoms with Gasteiger partial charge in [0.05, 0.1) is 6.33 Å². The third kappa shape index (κ3) is 4.11. The number of aromatic nitrogens is 4. The highest BCUT2D eigenvalue weighted by Crippen LogP contribution is 2.70. The molecule has 27 heavy (non-hydrogen) atoms. The van der Waals surface area contributed by atoms with E-state index in [1.165, 1.54) is 6.33 Å². The first-order valence-corrected chi connectivity index (χ1v) is 12.5. The van der Waals surface area contributed by atoms with Gasteiger partial charge in [0.25, 0.3) is 5.56 Å². The zero-order chi connectivity index (χ0) is 21.4. The summed E-state index contributed by atoms with van der Waals surface area (Å²) in [5.74, 6) is -0.668. The minimum atomic E-state index is -2.04. The highest BCUT2D eigenvalue weighted by atomic mass is 32.3. The molecule has 2 aromatic rings. The molecule has 156 valence electrons. The molecule has 0 amide bonds. The molecule has 1 unspecified atom stereocenters. The van der Waals surface area contributed by atoms with E-state index in [9.17, 15) is 14.7 Å². The van der Waals surface area contributed by atoms with Crippen LogP contribution in [0.3, 0.4) is 0 Å². The lowest BCUT2D eigenvalue weighted by atomic mass is 9.86. The van der Waals surface area contributed by atoms with E-state index >= 15 is 0 Å². The topological polar surface area (TPSA) is 141 Å². The van der Waals surface area contributed by atoms with E-state index in [0.29, 0.717) is 11.2 Å². The fourth-order valence-corrected chi connectivity index (χ4v) is 4.77. The van der Waals surface area contributed by atoms with E-state index < -0.39 is 20.7 Å². The molecule has 1 atom stereocenters. The number of rotatable bonds is 4. The largest absolute Gasteiger partial charge is 0.480 e. The predicted molar refractivity (Wildman–Crippen MR) is 115 cm³/mol. The van der Waals surface area contributed by atoms with Crippen molar-refractivity contribution in [3.63, 3.8) is 0 Å². The number of thiol groups is 1. The number of likely N-dealkylation sites (N-methyl/N-ethyl adjacent to an activating group) is 1. The molecule has 5 N–H and O–H groups in total. The molecule has 0 bridgehead atoms. The first-order chi connectivity index (χ1) is 11.9. The molecule has 0 saturated carbocycles. The number of fused-ring (bicyclic) bond motifs is 1. The fourth-order valence-electron chi connectivity index (χ4n) is 2.73. The third-order valence-corrected chi connectivity index (χ3v) is 11.0. The quantitative estimate of drug-likeness (QED) is 0.480. The van der Waals surface area contributed by atoms with Crippen molar-refractivity contribution in [1.29, 1.82) is 0 Å². The van der Waals surface area contributed by atoms with Crippen LogP contribution in [-0.4, -0.2) is 85.3 Å². The molecular formula is C17H34N6O3S. The first kappa shape index (κ1) is 23.0. The van der Waals surface area contributed by atoms with Gasteiger partial charge in [-0.15, -0.1) is 0 Å². The van der Waals surface area contributed by atoms with Gasteiger partial charge in [-0.1, -0.05) is 13.8 Å². The molecule has 2 heterocycles. The summed E-state index contributed by atoms with van der Waals surface area (Å²) in [6.45, 7) is 5.99. The van der Waals surface area contributed by atoms with Crippen LogP contribution in [0.15, 0.2) is 11.1 Å². The Morgan fingerprint density at radius 2 is 1.74 bits per heavy atom. The Morgan fingerprint density at radius 1 is 1.22 bits per heavy atom. The van der Waals surface area contributed by atoms with Gasteiger partial charge in [0.1, 0.15) is 5.54 Å². The Morgan fingerprint density at radius 3 is 2.11 bits per heavy atom. The Kier molecular flexibility index (Phi) is 5.81. The van der Waals surface area contributed by atoms with Crippen LogP contribution >= 0.6 is 9.16 Å². The van der Waals surface area contributed by atoms with Crippen molar-refractivity contribution >= 4 is 32.2 Å². The van der Waals surface area contributed by atoms with Crippen molar-refractivity contribution in [3.8, 4) is 0 Å². The lowest BCUT2D eigenvalue weighted by Gasteiger charge is -2.66. The van der Waals surface area contributed by atoms with Crippen LogP contribution < -0.4 is 11.3 Å². The summed E-state index contributed by atoms with van der Waals surface area (Å²) in [4.78, 5) is 37.1.